The zero-order chi connectivity index (χ0) is 17.2. The Bertz CT molecular complexity index is 679. The molecule has 0 radical (unpaired) electrons. The van der Waals surface area contributed by atoms with Crippen LogP contribution in [0.3, 0.4) is 0 Å². The van der Waals surface area contributed by atoms with Gasteiger partial charge in [-0.1, -0.05) is 17.7 Å². The number of amides is 1. The number of carbonyl (C=O) groups excluding carboxylic acids is 1. The fourth-order valence-corrected chi connectivity index (χ4v) is 5.22. The fraction of sp³-hybridized carbons (Fsp3) is 0.500. The van der Waals surface area contributed by atoms with Crippen molar-refractivity contribution in [2.45, 2.75) is 18.0 Å². The van der Waals surface area contributed by atoms with Crippen molar-refractivity contribution in [3.05, 3.63) is 34.6 Å². The number of alkyl halides is 1. The summed E-state index contributed by atoms with van der Waals surface area (Å²) < 4.78 is 36.7. The van der Waals surface area contributed by atoms with Gasteiger partial charge < -0.3 is 5.32 Å². The Kier molecular flexibility index (Phi) is 5.89. The Morgan fingerprint density at radius 2 is 2.13 bits per heavy atom. The number of nitrogens with zero attached hydrogens (tertiary/aromatic N) is 1. The third kappa shape index (κ3) is 5.04. The van der Waals surface area contributed by atoms with Crippen LogP contribution in [-0.4, -0.2) is 55.7 Å². The number of hydrogen-bond donors (Lipinski definition) is 1. The van der Waals surface area contributed by atoms with Crippen molar-refractivity contribution >= 4 is 38.9 Å². The van der Waals surface area contributed by atoms with Gasteiger partial charge in [0.2, 0.25) is 5.91 Å². The maximum atomic E-state index is 13.7. The summed E-state index contributed by atoms with van der Waals surface area (Å²) in [5.74, 6) is -1.10. The summed E-state index contributed by atoms with van der Waals surface area (Å²) in [6.45, 7) is 0.136. The van der Waals surface area contributed by atoms with Crippen LogP contribution in [0.2, 0.25) is 5.02 Å². The van der Waals surface area contributed by atoms with Crippen molar-refractivity contribution in [1.82, 2.24) is 10.2 Å². The molecule has 23 heavy (non-hydrogen) atoms. The maximum Gasteiger partial charge on any atom is 0.234 e. The third-order valence-electron chi connectivity index (χ3n) is 3.53. The summed E-state index contributed by atoms with van der Waals surface area (Å²) in [7, 11) is -1.56. The summed E-state index contributed by atoms with van der Waals surface area (Å²) in [5, 5.41) is 2.27. The smallest absolute Gasteiger partial charge is 0.234 e. The van der Waals surface area contributed by atoms with E-state index in [0.717, 1.165) is 0 Å². The van der Waals surface area contributed by atoms with E-state index in [1.165, 1.54) is 12.1 Å². The summed E-state index contributed by atoms with van der Waals surface area (Å²) in [6, 6.07) is 3.79. The predicted molar refractivity (Wildman–Crippen MR) is 88.0 cm³/mol. The first-order valence-electron chi connectivity index (χ1n) is 6.93. The average molecular weight is 383 g/mol. The standard InChI is InChI=1S/C14H17Cl2FN2O3S/c1-19(5-9-10(15)3-2-4-12(9)17)6-14(20)18-13-8-23(21,22)7-11(13)16/h2-4,11,13H,5-8H2,1H3,(H,18,20)/t11-,13+/m0/s1. The Morgan fingerprint density at radius 1 is 1.43 bits per heavy atom. The summed E-state index contributed by atoms with van der Waals surface area (Å²) in [5.41, 5.74) is 0.308. The molecule has 1 N–H and O–H groups in total. The minimum atomic E-state index is -3.21. The molecule has 9 heteroatoms. The van der Waals surface area contributed by atoms with Gasteiger partial charge in [-0.05, 0) is 19.2 Å². The second-order valence-corrected chi connectivity index (χ2v) is 8.76. The molecule has 1 aliphatic rings. The molecule has 1 heterocycles. The molecule has 1 aliphatic heterocycles. The van der Waals surface area contributed by atoms with Gasteiger partial charge in [0.25, 0.3) is 0 Å². The number of carbonyl (C=O) groups is 1. The molecular weight excluding hydrogens is 366 g/mol. The van der Waals surface area contributed by atoms with E-state index >= 15 is 0 Å². The highest BCUT2D eigenvalue weighted by atomic mass is 35.5. The highest BCUT2D eigenvalue weighted by molar-refractivity contribution is 7.91. The van der Waals surface area contributed by atoms with Gasteiger partial charge in [-0.15, -0.1) is 11.6 Å². The second-order valence-electron chi connectivity index (χ2n) is 5.64. The lowest BCUT2D eigenvalue weighted by molar-refractivity contribution is -0.122. The predicted octanol–water partition coefficient (Wildman–Crippen LogP) is 1.43. The van der Waals surface area contributed by atoms with Gasteiger partial charge >= 0.3 is 0 Å². The van der Waals surface area contributed by atoms with Gasteiger partial charge in [0.15, 0.2) is 9.84 Å². The molecule has 5 nitrogen and oxygen atoms in total. The molecule has 1 fully saturated rings. The summed E-state index contributed by atoms with van der Waals surface area (Å²) >= 11 is 11.9. The van der Waals surface area contributed by atoms with Crippen molar-refractivity contribution < 1.29 is 17.6 Å². The van der Waals surface area contributed by atoms with Crippen LogP contribution in [-0.2, 0) is 21.2 Å². The molecule has 0 saturated carbocycles. The number of nitrogens with one attached hydrogen (secondary N) is 1. The first-order valence-corrected chi connectivity index (χ1v) is 9.57. The van der Waals surface area contributed by atoms with Crippen molar-refractivity contribution in [2.24, 2.45) is 0 Å². The van der Waals surface area contributed by atoms with Crippen LogP contribution in [0.5, 0.6) is 0 Å². The molecule has 1 aromatic rings. The van der Waals surface area contributed by atoms with Gasteiger partial charge in [-0.3, -0.25) is 9.69 Å². The highest BCUT2D eigenvalue weighted by Gasteiger charge is 2.37. The number of hydrogen-bond acceptors (Lipinski definition) is 4. The van der Waals surface area contributed by atoms with Crippen molar-refractivity contribution in [3.63, 3.8) is 0 Å². The molecule has 2 rings (SSSR count). The van der Waals surface area contributed by atoms with E-state index in [2.05, 4.69) is 5.32 Å². The van der Waals surface area contributed by atoms with E-state index in [9.17, 15) is 17.6 Å². The monoisotopic (exact) mass is 382 g/mol. The molecular formula is C14H17Cl2FN2O3S. The van der Waals surface area contributed by atoms with Gasteiger partial charge in [-0.25, -0.2) is 12.8 Å². The number of halogens is 3. The minimum Gasteiger partial charge on any atom is -0.350 e. The molecule has 0 aromatic heterocycles. The number of benzene rings is 1. The van der Waals surface area contributed by atoms with E-state index in [1.807, 2.05) is 0 Å². The number of sulfone groups is 1. The summed E-state index contributed by atoms with van der Waals surface area (Å²) in [6.07, 6.45) is 0. The Morgan fingerprint density at radius 3 is 2.70 bits per heavy atom. The SMILES string of the molecule is CN(CC(=O)N[C@@H]1CS(=O)(=O)C[C@@H]1Cl)Cc1c(F)cccc1Cl. The Labute approximate surface area is 144 Å². The van der Waals surface area contributed by atoms with Crippen LogP contribution < -0.4 is 5.32 Å². The van der Waals surface area contributed by atoms with Crippen molar-refractivity contribution in [3.8, 4) is 0 Å². The lowest BCUT2D eigenvalue weighted by Gasteiger charge is -2.20. The minimum absolute atomic E-state index is 0.0230. The molecule has 1 amide bonds. The first kappa shape index (κ1) is 18.4. The second kappa shape index (κ2) is 7.34. The number of likely N-dealkylation sites (N-methyl/N-ethyl adjacent to an activating group) is 1. The van der Waals surface area contributed by atoms with Gasteiger partial charge in [0.1, 0.15) is 5.82 Å². The molecule has 0 spiro atoms. The molecule has 0 aliphatic carbocycles. The van der Waals surface area contributed by atoms with Crippen molar-refractivity contribution in [1.29, 1.82) is 0 Å². The van der Waals surface area contributed by atoms with E-state index in [4.69, 9.17) is 23.2 Å². The lowest BCUT2D eigenvalue weighted by atomic mass is 10.2. The largest absolute Gasteiger partial charge is 0.350 e. The molecule has 1 saturated heterocycles. The normalized spacial score (nSPS) is 23.2. The zero-order valence-corrected chi connectivity index (χ0v) is 14.8. The van der Waals surface area contributed by atoms with E-state index in [-0.39, 0.29) is 30.5 Å². The average Bonchev–Trinajstić information content (AvgIpc) is 2.66. The topological polar surface area (TPSA) is 66.5 Å². The summed E-state index contributed by atoms with van der Waals surface area (Å²) in [4.78, 5) is 13.6. The van der Waals surface area contributed by atoms with Crippen LogP contribution >= 0.6 is 23.2 Å². The molecule has 0 unspecified atom stereocenters. The first-order chi connectivity index (χ1) is 10.7. The quantitative estimate of drug-likeness (QED) is 0.782. The van der Waals surface area contributed by atoms with Gasteiger partial charge in [0, 0.05) is 17.1 Å². The maximum absolute atomic E-state index is 13.7. The van der Waals surface area contributed by atoms with Crippen LogP contribution in [0, 0.1) is 5.82 Å². The number of rotatable bonds is 5. The van der Waals surface area contributed by atoms with Gasteiger partial charge in [-0.2, -0.15) is 0 Å². The lowest BCUT2D eigenvalue weighted by Crippen LogP contribution is -2.44. The highest BCUT2D eigenvalue weighted by Crippen LogP contribution is 2.20. The fourth-order valence-electron chi connectivity index (χ4n) is 2.44. The molecule has 128 valence electrons. The van der Waals surface area contributed by atoms with Crippen molar-refractivity contribution in [2.75, 3.05) is 25.1 Å². The molecule has 0 bridgehead atoms. The zero-order valence-electron chi connectivity index (χ0n) is 12.4. The molecule has 1 aromatic carbocycles. The van der Waals surface area contributed by atoms with E-state index < -0.39 is 27.1 Å². The van der Waals surface area contributed by atoms with E-state index in [0.29, 0.717) is 10.6 Å². The van der Waals surface area contributed by atoms with Crippen LogP contribution in [0.4, 0.5) is 4.39 Å². The van der Waals surface area contributed by atoms with E-state index in [1.54, 1.807) is 18.0 Å². The van der Waals surface area contributed by atoms with Crippen LogP contribution in [0.1, 0.15) is 5.56 Å². The van der Waals surface area contributed by atoms with Crippen LogP contribution in [0.25, 0.3) is 0 Å². The molecule has 2 atom stereocenters. The van der Waals surface area contributed by atoms with Crippen LogP contribution in [0.15, 0.2) is 18.2 Å². The Hall–Kier alpha value is -0.890. The van der Waals surface area contributed by atoms with Gasteiger partial charge in [0.05, 0.1) is 29.5 Å². The Balaban J connectivity index is 1.90. The third-order valence-corrected chi connectivity index (χ3v) is 6.26.